The van der Waals surface area contributed by atoms with Crippen LogP contribution >= 0.6 is 0 Å². The van der Waals surface area contributed by atoms with Crippen LogP contribution in [0.1, 0.15) is 28.8 Å². The van der Waals surface area contributed by atoms with Crippen molar-refractivity contribution in [2.45, 2.75) is 12.1 Å². The quantitative estimate of drug-likeness (QED) is 0.690. The molecule has 2 atom stereocenters. The monoisotopic (exact) mass is 317 g/mol. The molecule has 0 fully saturated rings. The minimum Gasteiger partial charge on any atom is -0.507 e. The SMILES string of the molecule is Oc1ccccc1C=N[C@H](c1ccccc1)[C@H](O)c1ccccc1. The molecule has 3 aromatic carbocycles. The average Bonchev–Trinajstić information content (AvgIpc) is 2.65. The predicted molar refractivity (Wildman–Crippen MR) is 96.3 cm³/mol. The third kappa shape index (κ3) is 3.70. The van der Waals surface area contributed by atoms with Crippen LogP contribution in [0.2, 0.25) is 0 Å². The van der Waals surface area contributed by atoms with Crippen molar-refractivity contribution in [1.29, 1.82) is 0 Å². The van der Waals surface area contributed by atoms with Gasteiger partial charge in [-0.25, -0.2) is 0 Å². The summed E-state index contributed by atoms with van der Waals surface area (Å²) in [6.07, 6.45) is 0.842. The van der Waals surface area contributed by atoms with Crippen molar-refractivity contribution in [3.8, 4) is 5.75 Å². The van der Waals surface area contributed by atoms with E-state index in [0.29, 0.717) is 5.56 Å². The summed E-state index contributed by atoms with van der Waals surface area (Å²) in [5, 5.41) is 20.7. The Morgan fingerprint density at radius 1 is 0.708 bits per heavy atom. The van der Waals surface area contributed by atoms with E-state index in [2.05, 4.69) is 4.99 Å². The molecule has 3 heteroatoms. The summed E-state index contributed by atoms with van der Waals surface area (Å²) in [5.41, 5.74) is 2.35. The Kier molecular flexibility index (Phi) is 5.04. The number of aliphatic imine (C=N–C) groups is 1. The Morgan fingerprint density at radius 3 is 1.88 bits per heavy atom. The third-order valence-corrected chi connectivity index (χ3v) is 3.89. The van der Waals surface area contributed by atoms with Gasteiger partial charge < -0.3 is 10.2 Å². The highest BCUT2D eigenvalue weighted by molar-refractivity contribution is 5.83. The van der Waals surface area contributed by atoms with E-state index < -0.39 is 12.1 Å². The fourth-order valence-corrected chi connectivity index (χ4v) is 2.59. The zero-order valence-corrected chi connectivity index (χ0v) is 13.2. The molecule has 0 saturated heterocycles. The topological polar surface area (TPSA) is 52.8 Å². The van der Waals surface area contributed by atoms with Crippen molar-refractivity contribution in [2.75, 3.05) is 0 Å². The van der Waals surface area contributed by atoms with E-state index in [1.165, 1.54) is 0 Å². The lowest BCUT2D eigenvalue weighted by molar-refractivity contribution is 0.148. The zero-order valence-electron chi connectivity index (χ0n) is 13.2. The van der Waals surface area contributed by atoms with Gasteiger partial charge in [-0.2, -0.15) is 0 Å². The number of phenolic OH excluding ortho intramolecular Hbond substituents is 1. The Balaban J connectivity index is 1.95. The third-order valence-electron chi connectivity index (χ3n) is 3.89. The van der Waals surface area contributed by atoms with Gasteiger partial charge >= 0.3 is 0 Å². The maximum Gasteiger partial charge on any atom is 0.124 e. The van der Waals surface area contributed by atoms with Crippen molar-refractivity contribution < 1.29 is 10.2 Å². The molecule has 0 radical (unpaired) electrons. The van der Waals surface area contributed by atoms with Crippen LogP contribution in [0, 0.1) is 0 Å². The summed E-state index contributed by atoms with van der Waals surface area (Å²) in [6.45, 7) is 0. The van der Waals surface area contributed by atoms with Crippen LogP contribution in [-0.2, 0) is 0 Å². The molecule has 0 heterocycles. The number of aliphatic hydroxyl groups is 1. The minimum absolute atomic E-state index is 0.169. The lowest BCUT2D eigenvalue weighted by Crippen LogP contribution is -2.09. The van der Waals surface area contributed by atoms with Gasteiger partial charge in [0.2, 0.25) is 0 Å². The summed E-state index contributed by atoms with van der Waals surface area (Å²) >= 11 is 0. The van der Waals surface area contributed by atoms with E-state index in [1.54, 1.807) is 24.4 Å². The number of phenols is 1. The highest BCUT2D eigenvalue weighted by atomic mass is 16.3. The molecule has 24 heavy (non-hydrogen) atoms. The maximum atomic E-state index is 10.8. The normalized spacial score (nSPS) is 13.7. The first-order valence-corrected chi connectivity index (χ1v) is 7.85. The maximum absolute atomic E-state index is 10.8. The molecule has 0 aliphatic carbocycles. The lowest BCUT2D eigenvalue weighted by Gasteiger charge is -2.20. The Labute approximate surface area is 141 Å². The second-order valence-electron chi connectivity index (χ2n) is 5.55. The van der Waals surface area contributed by atoms with Gasteiger partial charge in [0.1, 0.15) is 17.9 Å². The standard InChI is InChI=1S/C21H19NO2/c23-19-14-8-7-13-18(19)15-22-20(16-9-3-1-4-10-16)21(24)17-11-5-2-6-12-17/h1-15,20-21,23-24H/t20-,21-/m1/s1. The molecule has 0 aliphatic rings. The van der Waals surface area contributed by atoms with Crippen LogP contribution in [0.4, 0.5) is 0 Å². The largest absolute Gasteiger partial charge is 0.507 e. The molecule has 0 bridgehead atoms. The molecule has 0 spiro atoms. The molecule has 3 nitrogen and oxygen atoms in total. The lowest BCUT2D eigenvalue weighted by atomic mass is 9.96. The molecule has 2 N–H and O–H groups in total. The summed E-state index contributed by atoms with van der Waals surface area (Å²) in [6, 6.07) is 25.7. The van der Waals surface area contributed by atoms with Gasteiger partial charge in [0, 0.05) is 11.8 Å². The van der Waals surface area contributed by atoms with Gasteiger partial charge in [-0.1, -0.05) is 72.8 Å². The summed E-state index contributed by atoms with van der Waals surface area (Å²) < 4.78 is 0. The molecule has 0 unspecified atom stereocenters. The molecular weight excluding hydrogens is 298 g/mol. The van der Waals surface area contributed by atoms with Crippen LogP contribution in [-0.4, -0.2) is 16.4 Å². The molecule has 3 aromatic rings. The van der Waals surface area contributed by atoms with Gasteiger partial charge in [0.15, 0.2) is 0 Å². The highest BCUT2D eigenvalue weighted by Crippen LogP contribution is 2.32. The van der Waals surface area contributed by atoms with Crippen LogP contribution < -0.4 is 0 Å². The van der Waals surface area contributed by atoms with E-state index in [4.69, 9.17) is 0 Å². The highest BCUT2D eigenvalue weighted by Gasteiger charge is 2.21. The molecule has 0 aromatic heterocycles. The number of benzene rings is 3. The first-order valence-electron chi connectivity index (χ1n) is 7.85. The average molecular weight is 317 g/mol. The molecule has 0 amide bonds. The van der Waals surface area contributed by atoms with E-state index in [1.807, 2.05) is 66.7 Å². The van der Waals surface area contributed by atoms with Gasteiger partial charge in [-0.05, 0) is 23.3 Å². The molecular formula is C21H19NO2. The second kappa shape index (κ2) is 7.57. The minimum atomic E-state index is -0.768. The molecule has 0 saturated carbocycles. The van der Waals surface area contributed by atoms with E-state index >= 15 is 0 Å². The van der Waals surface area contributed by atoms with E-state index in [9.17, 15) is 10.2 Å². The van der Waals surface area contributed by atoms with Crippen molar-refractivity contribution in [2.24, 2.45) is 4.99 Å². The smallest absolute Gasteiger partial charge is 0.124 e. The fraction of sp³-hybridized carbons (Fsp3) is 0.0952. The van der Waals surface area contributed by atoms with Crippen LogP contribution in [0.15, 0.2) is 89.9 Å². The summed E-state index contributed by atoms with van der Waals surface area (Å²) in [4.78, 5) is 4.57. The second-order valence-corrected chi connectivity index (χ2v) is 5.55. The summed E-state index contributed by atoms with van der Waals surface area (Å²) in [5.74, 6) is 0.169. The number of para-hydroxylation sites is 1. The summed E-state index contributed by atoms with van der Waals surface area (Å²) in [7, 11) is 0. The number of hydrogen-bond acceptors (Lipinski definition) is 3. The van der Waals surface area contributed by atoms with Crippen LogP contribution in [0.3, 0.4) is 0 Å². The first kappa shape index (κ1) is 16.0. The predicted octanol–water partition coefficient (Wildman–Crippen LogP) is 4.29. The van der Waals surface area contributed by atoms with Gasteiger partial charge in [0.05, 0.1) is 0 Å². The van der Waals surface area contributed by atoms with E-state index in [0.717, 1.165) is 11.1 Å². The van der Waals surface area contributed by atoms with Crippen molar-refractivity contribution >= 4 is 6.21 Å². The van der Waals surface area contributed by atoms with Crippen LogP contribution in [0.5, 0.6) is 5.75 Å². The van der Waals surface area contributed by atoms with Gasteiger partial charge in [-0.15, -0.1) is 0 Å². The number of rotatable bonds is 5. The Bertz CT molecular complexity index is 800. The molecule has 120 valence electrons. The van der Waals surface area contributed by atoms with Crippen molar-refractivity contribution in [1.82, 2.24) is 0 Å². The first-order chi connectivity index (χ1) is 11.8. The van der Waals surface area contributed by atoms with Crippen molar-refractivity contribution in [3.63, 3.8) is 0 Å². The number of hydrogen-bond donors (Lipinski definition) is 2. The molecule has 3 rings (SSSR count). The number of nitrogens with zero attached hydrogens (tertiary/aromatic N) is 1. The molecule has 0 aliphatic heterocycles. The fourth-order valence-electron chi connectivity index (χ4n) is 2.59. The number of aromatic hydroxyl groups is 1. The Hall–Kier alpha value is -2.91. The van der Waals surface area contributed by atoms with E-state index in [-0.39, 0.29) is 5.75 Å². The van der Waals surface area contributed by atoms with Gasteiger partial charge in [-0.3, -0.25) is 4.99 Å². The van der Waals surface area contributed by atoms with Crippen molar-refractivity contribution in [3.05, 3.63) is 102 Å². The Morgan fingerprint density at radius 2 is 1.25 bits per heavy atom. The zero-order chi connectivity index (χ0) is 16.8. The van der Waals surface area contributed by atoms with Gasteiger partial charge in [0.25, 0.3) is 0 Å². The number of aliphatic hydroxyl groups excluding tert-OH is 1. The van der Waals surface area contributed by atoms with Crippen LogP contribution in [0.25, 0.3) is 0 Å².